The van der Waals surface area contributed by atoms with E-state index in [0.717, 1.165) is 11.3 Å². The first-order valence-corrected chi connectivity index (χ1v) is 7.51. The van der Waals surface area contributed by atoms with Crippen molar-refractivity contribution in [1.82, 2.24) is 20.1 Å². The normalized spacial score (nSPS) is 21.4. The number of nitrogens with zero attached hydrogens (tertiary/aromatic N) is 4. The van der Waals surface area contributed by atoms with Crippen LogP contribution in [-0.2, 0) is 9.63 Å². The van der Waals surface area contributed by atoms with Crippen LogP contribution >= 0.6 is 0 Å². The Bertz CT molecular complexity index is 699. The lowest BCUT2D eigenvalue weighted by Crippen LogP contribution is -2.46. The minimum absolute atomic E-state index is 0.0148. The molecule has 23 heavy (non-hydrogen) atoms. The van der Waals surface area contributed by atoms with Crippen molar-refractivity contribution in [3.05, 3.63) is 48.5 Å². The number of benzene rings is 1. The number of rotatable bonds is 5. The van der Waals surface area contributed by atoms with Gasteiger partial charge in [0.2, 0.25) is 5.60 Å². The predicted molar refractivity (Wildman–Crippen MR) is 84.8 cm³/mol. The zero-order chi connectivity index (χ0) is 16.3. The Morgan fingerprint density at radius 2 is 2.22 bits per heavy atom. The lowest BCUT2D eigenvalue weighted by atomic mass is 9.95. The molecular weight excluding hydrogens is 294 g/mol. The molecule has 0 bridgehead atoms. The summed E-state index contributed by atoms with van der Waals surface area (Å²) in [5.74, 6) is -0.181. The summed E-state index contributed by atoms with van der Waals surface area (Å²) in [4.78, 5) is 21.8. The van der Waals surface area contributed by atoms with Crippen LogP contribution in [0.25, 0.3) is 0 Å². The highest BCUT2D eigenvalue weighted by Gasteiger charge is 2.42. The Labute approximate surface area is 134 Å². The zero-order valence-electron chi connectivity index (χ0n) is 13.1. The number of hydrogen-bond acceptors (Lipinski definition) is 5. The van der Waals surface area contributed by atoms with Crippen LogP contribution in [0.3, 0.4) is 0 Å². The second kappa shape index (κ2) is 6.20. The van der Waals surface area contributed by atoms with Crippen LogP contribution in [0.4, 0.5) is 0 Å². The molecule has 0 saturated heterocycles. The number of nitrogens with one attached hydrogen (secondary N) is 1. The molecule has 1 aromatic heterocycles. The van der Waals surface area contributed by atoms with E-state index in [0.29, 0.717) is 13.0 Å². The molecular formula is C16H19N5O2. The van der Waals surface area contributed by atoms with Crippen LogP contribution in [0, 0.1) is 0 Å². The van der Waals surface area contributed by atoms with Crippen molar-refractivity contribution in [3.8, 4) is 0 Å². The summed E-state index contributed by atoms with van der Waals surface area (Å²) in [6.07, 6.45) is 3.54. The van der Waals surface area contributed by atoms with Crippen molar-refractivity contribution in [2.75, 3.05) is 6.54 Å². The molecule has 1 aliphatic heterocycles. The average Bonchev–Trinajstić information content (AvgIpc) is 3.23. The summed E-state index contributed by atoms with van der Waals surface area (Å²) >= 11 is 0. The molecule has 0 radical (unpaired) electrons. The maximum atomic E-state index is 12.5. The van der Waals surface area contributed by atoms with E-state index < -0.39 is 5.60 Å². The Hall–Kier alpha value is -2.70. The summed E-state index contributed by atoms with van der Waals surface area (Å²) in [6, 6.07) is 9.75. The summed E-state index contributed by atoms with van der Waals surface area (Å²) in [5.41, 5.74) is 0.778. The van der Waals surface area contributed by atoms with E-state index in [2.05, 4.69) is 20.6 Å². The van der Waals surface area contributed by atoms with Crippen LogP contribution < -0.4 is 5.32 Å². The molecule has 3 rings (SSSR count). The van der Waals surface area contributed by atoms with Crippen molar-refractivity contribution in [2.24, 2.45) is 5.16 Å². The molecule has 120 valence electrons. The van der Waals surface area contributed by atoms with Crippen molar-refractivity contribution in [3.63, 3.8) is 0 Å². The summed E-state index contributed by atoms with van der Waals surface area (Å²) in [6.45, 7) is 4.16. The summed E-state index contributed by atoms with van der Waals surface area (Å²) in [5, 5.41) is 11.0. The zero-order valence-corrected chi connectivity index (χ0v) is 13.1. The van der Waals surface area contributed by atoms with E-state index in [-0.39, 0.29) is 11.9 Å². The van der Waals surface area contributed by atoms with Gasteiger partial charge in [-0.25, -0.2) is 9.67 Å². The van der Waals surface area contributed by atoms with E-state index in [4.69, 9.17) is 4.84 Å². The van der Waals surface area contributed by atoms with Gasteiger partial charge < -0.3 is 10.2 Å². The maximum Gasteiger partial charge on any atom is 0.267 e. The van der Waals surface area contributed by atoms with Gasteiger partial charge in [-0.1, -0.05) is 35.5 Å². The van der Waals surface area contributed by atoms with Crippen LogP contribution in [0.2, 0.25) is 0 Å². The molecule has 0 aliphatic carbocycles. The average molecular weight is 313 g/mol. The number of aromatic nitrogens is 3. The first-order chi connectivity index (χ1) is 11.1. The standard InChI is InChI=1S/C16H19N5O2/c1-12(21-11-17-10-19-21)9-18-15(22)16(2)8-14(20-23-16)13-6-4-3-5-7-13/h3-7,10-12H,8-9H2,1-2H3,(H,18,22)/t12-,16-/m0/s1. The fourth-order valence-electron chi connectivity index (χ4n) is 2.41. The van der Waals surface area contributed by atoms with Crippen LogP contribution in [-0.4, -0.2) is 38.5 Å². The van der Waals surface area contributed by atoms with Gasteiger partial charge in [0.1, 0.15) is 12.7 Å². The van der Waals surface area contributed by atoms with Crippen LogP contribution in [0.1, 0.15) is 31.9 Å². The first-order valence-electron chi connectivity index (χ1n) is 7.51. The first kappa shape index (κ1) is 15.2. The molecule has 0 fully saturated rings. The van der Waals surface area contributed by atoms with Gasteiger partial charge in [-0.15, -0.1) is 0 Å². The largest absolute Gasteiger partial charge is 0.379 e. The van der Waals surface area contributed by atoms with Gasteiger partial charge in [-0.2, -0.15) is 5.10 Å². The molecule has 1 aliphatic rings. The molecule has 7 heteroatoms. The van der Waals surface area contributed by atoms with Gasteiger partial charge in [0, 0.05) is 13.0 Å². The molecule has 0 saturated carbocycles. The van der Waals surface area contributed by atoms with Crippen molar-refractivity contribution in [1.29, 1.82) is 0 Å². The predicted octanol–water partition coefficient (Wildman–Crippen LogP) is 1.54. The van der Waals surface area contributed by atoms with Gasteiger partial charge >= 0.3 is 0 Å². The molecule has 1 amide bonds. The third kappa shape index (κ3) is 3.23. The highest BCUT2D eigenvalue weighted by atomic mass is 16.7. The van der Waals surface area contributed by atoms with Crippen LogP contribution in [0.5, 0.6) is 0 Å². The molecule has 2 heterocycles. The number of carbonyl (C=O) groups is 1. The second-order valence-corrected chi connectivity index (χ2v) is 5.84. The number of amides is 1. The fourth-order valence-corrected chi connectivity index (χ4v) is 2.41. The summed E-state index contributed by atoms with van der Waals surface area (Å²) < 4.78 is 1.70. The molecule has 2 aromatic rings. The third-order valence-electron chi connectivity index (χ3n) is 3.90. The number of oxime groups is 1. The Balaban J connectivity index is 1.58. The third-order valence-corrected chi connectivity index (χ3v) is 3.90. The molecule has 2 atom stereocenters. The highest BCUT2D eigenvalue weighted by Crippen LogP contribution is 2.26. The van der Waals surface area contributed by atoms with Crippen molar-refractivity contribution in [2.45, 2.75) is 31.9 Å². The number of carbonyl (C=O) groups excluding carboxylic acids is 1. The van der Waals surface area contributed by atoms with Gasteiger partial charge in [0.05, 0.1) is 11.8 Å². The van der Waals surface area contributed by atoms with E-state index >= 15 is 0 Å². The quantitative estimate of drug-likeness (QED) is 0.908. The summed E-state index contributed by atoms with van der Waals surface area (Å²) in [7, 11) is 0. The molecule has 7 nitrogen and oxygen atoms in total. The van der Waals surface area contributed by atoms with E-state index in [1.807, 2.05) is 37.3 Å². The van der Waals surface area contributed by atoms with E-state index in [1.165, 1.54) is 6.33 Å². The van der Waals surface area contributed by atoms with E-state index in [1.54, 1.807) is 17.9 Å². The van der Waals surface area contributed by atoms with Crippen LogP contribution in [0.15, 0.2) is 48.1 Å². The smallest absolute Gasteiger partial charge is 0.267 e. The highest BCUT2D eigenvalue weighted by molar-refractivity contribution is 6.05. The topological polar surface area (TPSA) is 81.4 Å². The van der Waals surface area contributed by atoms with Crippen molar-refractivity contribution >= 4 is 11.6 Å². The fraction of sp³-hybridized carbons (Fsp3) is 0.375. The molecule has 0 spiro atoms. The SMILES string of the molecule is C[C@@H](CNC(=O)[C@]1(C)CC(c2ccccc2)=NO1)n1cncn1. The lowest BCUT2D eigenvalue weighted by molar-refractivity contribution is -0.141. The Kier molecular flexibility index (Phi) is 4.10. The second-order valence-electron chi connectivity index (χ2n) is 5.84. The van der Waals surface area contributed by atoms with Gasteiger partial charge in [0.25, 0.3) is 5.91 Å². The number of hydrogen-bond donors (Lipinski definition) is 1. The van der Waals surface area contributed by atoms with Gasteiger partial charge in [-0.05, 0) is 19.4 Å². The maximum absolute atomic E-state index is 12.5. The van der Waals surface area contributed by atoms with Gasteiger partial charge in [-0.3, -0.25) is 4.79 Å². The Morgan fingerprint density at radius 1 is 1.43 bits per heavy atom. The molecule has 1 aromatic carbocycles. The van der Waals surface area contributed by atoms with E-state index in [9.17, 15) is 4.79 Å². The molecule has 1 N–H and O–H groups in total. The van der Waals surface area contributed by atoms with Gasteiger partial charge in [0.15, 0.2) is 0 Å². The molecule has 0 unspecified atom stereocenters. The minimum atomic E-state index is -0.979. The lowest BCUT2D eigenvalue weighted by Gasteiger charge is -2.21. The minimum Gasteiger partial charge on any atom is -0.379 e. The Morgan fingerprint density at radius 3 is 2.91 bits per heavy atom. The van der Waals surface area contributed by atoms with Crippen molar-refractivity contribution < 1.29 is 9.63 Å². The monoisotopic (exact) mass is 313 g/mol.